The maximum atomic E-state index is 8.62. The Morgan fingerprint density at radius 1 is 1.24 bits per heavy atom. The molecule has 1 aliphatic heterocycles. The zero-order chi connectivity index (χ0) is 17.8. The standard InChI is InChI=1S/C19H24N4OS/c1-13(2)24-15-3-4-17(20)16(12-15)19(21)14-5-6-22-18(11-14)23-7-9-25-10-8-23/h3-6,11-13,21H,7-10,20H2,1-2H3. The summed E-state index contributed by atoms with van der Waals surface area (Å²) in [5.41, 5.74) is 8.58. The third-order valence-electron chi connectivity index (χ3n) is 4.04. The van der Waals surface area contributed by atoms with E-state index < -0.39 is 0 Å². The first-order valence-corrected chi connectivity index (χ1v) is 9.64. The van der Waals surface area contributed by atoms with Crippen molar-refractivity contribution in [2.45, 2.75) is 20.0 Å². The summed E-state index contributed by atoms with van der Waals surface area (Å²) in [5, 5.41) is 8.62. The molecule has 0 atom stereocenters. The molecule has 25 heavy (non-hydrogen) atoms. The van der Waals surface area contributed by atoms with Crippen LogP contribution in [-0.4, -0.2) is 41.4 Å². The van der Waals surface area contributed by atoms with E-state index in [4.69, 9.17) is 15.9 Å². The molecule has 5 nitrogen and oxygen atoms in total. The van der Waals surface area contributed by atoms with Crippen LogP contribution >= 0.6 is 11.8 Å². The predicted molar refractivity (Wildman–Crippen MR) is 106 cm³/mol. The zero-order valence-corrected chi connectivity index (χ0v) is 15.5. The van der Waals surface area contributed by atoms with Gasteiger partial charge in [-0.2, -0.15) is 11.8 Å². The lowest BCUT2D eigenvalue weighted by molar-refractivity contribution is 0.242. The Labute approximate surface area is 153 Å². The van der Waals surface area contributed by atoms with Gasteiger partial charge in [0.1, 0.15) is 11.6 Å². The second-order valence-electron chi connectivity index (χ2n) is 6.29. The smallest absolute Gasteiger partial charge is 0.129 e. The molecule has 2 aromatic rings. The van der Waals surface area contributed by atoms with E-state index in [-0.39, 0.29) is 6.10 Å². The Bertz CT molecular complexity index is 757. The van der Waals surface area contributed by atoms with Crippen LogP contribution < -0.4 is 15.4 Å². The molecule has 1 fully saturated rings. The molecule has 0 amide bonds. The quantitative estimate of drug-likeness (QED) is 0.634. The van der Waals surface area contributed by atoms with E-state index in [0.29, 0.717) is 17.0 Å². The third-order valence-corrected chi connectivity index (χ3v) is 4.98. The summed E-state index contributed by atoms with van der Waals surface area (Å²) in [6.07, 6.45) is 1.85. The Hall–Kier alpha value is -2.21. The summed E-state index contributed by atoms with van der Waals surface area (Å²) in [7, 11) is 0. The van der Waals surface area contributed by atoms with Crippen molar-refractivity contribution in [1.29, 1.82) is 5.41 Å². The van der Waals surface area contributed by atoms with Gasteiger partial charge in [0, 0.05) is 47.6 Å². The van der Waals surface area contributed by atoms with Crippen molar-refractivity contribution in [1.82, 2.24) is 4.98 Å². The van der Waals surface area contributed by atoms with Crippen LogP contribution in [0.2, 0.25) is 0 Å². The number of nitrogens with two attached hydrogens (primary N) is 1. The van der Waals surface area contributed by atoms with Crippen LogP contribution in [0.3, 0.4) is 0 Å². The van der Waals surface area contributed by atoms with Crippen LogP contribution in [-0.2, 0) is 0 Å². The Balaban J connectivity index is 1.87. The summed E-state index contributed by atoms with van der Waals surface area (Å²) >= 11 is 1.97. The molecule has 0 bridgehead atoms. The summed E-state index contributed by atoms with van der Waals surface area (Å²) in [5.74, 6) is 3.89. The second kappa shape index (κ2) is 7.78. The van der Waals surface area contributed by atoms with Crippen molar-refractivity contribution < 1.29 is 4.74 Å². The van der Waals surface area contributed by atoms with E-state index >= 15 is 0 Å². The number of pyridine rings is 1. The first kappa shape index (κ1) is 17.6. The highest BCUT2D eigenvalue weighted by atomic mass is 32.2. The topological polar surface area (TPSA) is 75.2 Å². The monoisotopic (exact) mass is 356 g/mol. The Morgan fingerprint density at radius 2 is 2.00 bits per heavy atom. The average Bonchev–Trinajstić information content (AvgIpc) is 2.63. The molecule has 1 aromatic heterocycles. The van der Waals surface area contributed by atoms with E-state index in [2.05, 4.69) is 9.88 Å². The molecule has 1 aliphatic rings. The molecule has 0 unspecified atom stereocenters. The number of ether oxygens (including phenoxy) is 1. The van der Waals surface area contributed by atoms with Gasteiger partial charge in [-0.3, -0.25) is 5.41 Å². The first-order chi connectivity index (χ1) is 12.0. The summed E-state index contributed by atoms with van der Waals surface area (Å²) < 4.78 is 5.74. The molecule has 0 spiro atoms. The minimum atomic E-state index is 0.0788. The van der Waals surface area contributed by atoms with E-state index in [0.717, 1.165) is 41.7 Å². The molecule has 1 saturated heterocycles. The molecule has 6 heteroatoms. The van der Waals surface area contributed by atoms with Gasteiger partial charge in [0.25, 0.3) is 0 Å². The number of nitrogen functional groups attached to an aromatic ring is 1. The number of aromatic nitrogens is 1. The fourth-order valence-electron chi connectivity index (χ4n) is 2.79. The number of nitrogens with one attached hydrogen (secondary N) is 1. The number of anilines is 2. The molecular weight excluding hydrogens is 332 g/mol. The van der Waals surface area contributed by atoms with Crippen LogP contribution in [0.4, 0.5) is 11.5 Å². The minimum Gasteiger partial charge on any atom is -0.491 e. The number of hydrogen-bond donors (Lipinski definition) is 2. The lowest BCUT2D eigenvalue weighted by atomic mass is 10.0. The van der Waals surface area contributed by atoms with E-state index in [1.165, 1.54) is 0 Å². The maximum Gasteiger partial charge on any atom is 0.129 e. The molecular formula is C19H24N4OS. The molecule has 3 N–H and O–H groups in total. The largest absolute Gasteiger partial charge is 0.491 e. The maximum absolute atomic E-state index is 8.62. The molecule has 0 aliphatic carbocycles. The van der Waals surface area contributed by atoms with Gasteiger partial charge in [-0.25, -0.2) is 4.98 Å². The average molecular weight is 356 g/mol. The molecule has 0 radical (unpaired) electrons. The minimum absolute atomic E-state index is 0.0788. The summed E-state index contributed by atoms with van der Waals surface area (Å²) in [4.78, 5) is 6.76. The van der Waals surface area contributed by atoms with Gasteiger partial charge in [-0.05, 0) is 44.2 Å². The first-order valence-electron chi connectivity index (χ1n) is 8.49. The fraction of sp³-hybridized carbons (Fsp3) is 0.368. The summed E-state index contributed by atoms with van der Waals surface area (Å²) in [6, 6.07) is 9.32. The number of nitrogens with zero attached hydrogens (tertiary/aromatic N) is 2. The van der Waals surface area contributed by atoms with E-state index in [9.17, 15) is 0 Å². The van der Waals surface area contributed by atoms with Crippen LogP contribution in [0.1, 0.15) is 25.0 Å². The van der Waals surface area contributed by atoms with Gasteiger partial charge >= 0.3 is 0 Å². The highest BCUT2D eigenvalue weighted by Crippen LogP contribution is 2.25. The third kappa shape index (κ3) is 4.25. The fourth-order valence-corrected chi connectivity index (χ4v) is 3.70. The van der Waals surface area contributed by atoms with Crippen molar-refractivity contribution in [3.05, 3.63) is 47.7 Å². The van der Waals surface area contributed by atoms with E-state index in [1.54, 1.807) is 12.3 Å². The van der Waals surface area contributed by atoms with Crippen molar-refractivity contribution in [2.75, 3.05) is 35.2 Å². The van der Waals surface area contributed by atoms with Gasteiger partial charge in [-0.1, -0.05) is 0 Å². The van der Waals surface area contributed by atoms with Crippen LogP contribution in [0, 0.1) is 5.41 Å². The number of thioether (sulfide) groups is 1. The van der Waals surface area contributed by atoms with Crippen LogP contribution in [0.15, 0.2) is 36.5 Å². The van der Waals surface area contributed by atoms with Gasteiger partial charge in [0.15, 0.2) is 0 Å². The number of hydrogen-bond acceptors (Lipinski definition) is 6. The molecule has 1 aromatic carbocycles. The zero-order valence-electron chi connectivity index (χ0n) is 14.7. The summed E-state index contributed by atoms with van der Waals surface area (Å²) in [6.45, 7) is 5.95. The van der Waals surface area contributed by atoms with Crippen molar-refractivity contribution >= 4 is 29.0 Å². The van der Waals surface area contributed by atoms with Crippen molar-refractivity contribution in [3.63, 3.8) is 0 Å². The van der Waals surface area contributed by atoms with Gasteiger partial charge in [-0.15, -0.1) is 0 Å². The van der Waals surface area contributed by atoms with Crippen LogP contribution in [0.25, 0.3) is 0 Å². The Kier molecular flexibility index (Phi) is 5.48. The Morgan fingerprint density at radius 3 is 2.72 bits per heavy atom. The molecule has 2 heterocycles. The van der Waals surface area contributed by atoms with E-state index in [1.807, 2.05) is 49.9 Å². The number of rotatable bonds is 5. The highest BCUT2D eigenvalue weighted by Gasteiger charge is 2.15. The van der Waals surface area contributed by atoms with Crippen molar-refractivity contribution in [2.24, 2.45) is 0 Å². The predicted octanol–water partition coefficient (Wildman–Crippen LogP) is 3.42. The second-order valence-corrected chi connectivity index (χ2v) is 7.52. The number of benzene rings is 1. The van der Waals surface area contributed by atoms with Crippen molar-refractivity contribution in [3.8, 4) is 5.75 Å². The molecule has 0 saturated carbocycles. The lowest BCUT2D eigenvalue weighted by Crippen LogP contribution is -2.33. The van der Waals surface area contributed by atoms with Crippen LogP contribution in [0.5, 0.6) is 5.75 Å². The highest BCUT2D eigenvalue weighted by molar-refractivity contribution is 7.99. The molecule has 132 valence electrons. The molecule has 3 rings (SSSR count). The van der Waals surface area contributed by atoms with Gasteiger partial charge < -0.3 is 15.4 Å². The SMILES string of the molecule is CC(C)Oc1ccc(N)c(C(=N)c2ccnc(N3CCSCC3)c2)c1. The van der Waals surface area contributed by atoms with Gasteiger partial charge in [0.2, 0.25) is 0 Å². The van der Waals surface area contributed by atoms with Gasteiger partial charge in [0.05, 0.1) is 11.8 Å². The lowest BCUT2D eigenvalue weighted by Gasteiger charge is -2.27. The normalized spacial score (nSPS) is 14.6.